The lowest BCUT2D eigenvalue weighted by Gasteiger charge is -2.34. The molecule has 6 nitrogen and oxygen atoms in total. The van der Waals surface area contributed by atoms with Gasteiger partial charge in [-0.25, -0.2) is 8.51 Å². The highest BCUT2D eigenvalue weighted by molar-refractivity contribution is 7.81. The second-order valence-corrected chi connectivity index (χ2v) is 14.7. The Hall–Kier alpha value is -1.96. The van der Waals surface area contributed by atoms with E-state index in [1.807, 2.05) is 17.0 Å². The van der Waals surface area contributed by atoms with Crippen LogP contribution in [0.2, 0.25) is 0 Å². The molecule has 7 heteroatoms. The van der Waals surface area contributed by atoms with Crippen LogP contribution in [0.1, 0.15) is 89.0 Å². The molecule has 0 radical (unpaired) electrons. The lowest BCUT2D eigenvalue weighted by molar-refractivity contribution is -0.00347. The van der Waals surface area contributed by atoms with Crippen molar-refractivity contribution in [1.29, 1.82) is 0 Å². The average Bonchev–Trinajstić information content (AvgIpc) is 3.10. The Morgan fingerprint density at radius 2 is 1.49 bits per heavy atom. The van der Waals surface area contributed by atoms with Gasteiger partial charge < -0.3 is 10.1 Å². The number of aromatic nitrogens is 1. The summed E-state index contributed by atoms with van der Waals surface area (Å²) < 4.78 is 23.5. The van der Waals surface area contributed by atoms with Gasteiger partial charge in [-0.15, -0.1) is 0 Å². The van der Waals surface area contributed by atoms with Gasteiger partial charge in [-0.1, -0.05) is 61.5 Å². The van der Waals surface area contributed by atoms with E-state index in [1.165, 1.54) is 11.1 Å². The Morgan fingerprint density at radius 3 is 1.95 bits per heavy atom. The molecule has 37 heavy (non-hydrogen) atoms. The fourth-order valence-corrected chi connectivity index (χ4v) is 6.95. The smallest absolute Gasteiger partial charge is 0.253 e. The zero-order chi connectivity index (χ0) is 27.3. The number of rotatable bonds is 5. The van der Waals surface area contributed by atoms with E-state index in [0.29, 0.717) is 30.6 Å². The predicted molar refractivity (Wildman–Crippen MR) is 152 cm³/mol. The van der Waals surface area contributed by atoms with Crippen LogP contribution in [0.5, 0.6) is 0 Å². The van der Waals surface area contributed by atoms with Crippen molar-refractivity contribution in [3.8, 4) is 11.3 Å². The highest BCUT2D eigenvalue weighted by atomic mass is 32.2. The van der Waals surface area contributed by atoms with E-state index >= 15 is 0 Å². The highest BCUT2D eigenvalue weighted by Crippen LogP contribution is 2.36. The Morgan fingerprint density at radius 1 is 0.946 bits per heavy atom. The number of ether oxygens (including phenoxy) is 1. The van der Waals surface area contributed by atoms with Crippen LogP contribution in [0.25, 0.3) is 11.3 Å². The summed E-state index contributed by atoms with van der Waals surface area (Å²) in [6, 6.07) is 8.68. The molecule has 0 spiro atoms. The van der Waals surface area contributed by atoms with Crippen LogP contribution in [-0.4, -0.2) is 50.7 Å². The largest absolute Gasteiger partial charge is 0.377 e. The summed E-state index contributed by atoms with van der Waals surface area (Å²) in [6.07, 6.45) is 1.14. The number of hydrogen-bond donors (Lipinski definition) is 1. The third kappa shape index (κ3) is 6.04. The quantitative estimate of drug-likeness (QED) is 0.551. The summed E-state index contributed by atoms with van der Waals surface area (Å²) in [5.74, 6) is 0.821. The summed E-state index contributed by atoms with van der Waals surface area (Å²) in [5, 5.41) is 3.08. The second-order valence-electron chi connectivity index (χ2n) is 13.4. The summed E-state index contributed by atoms with van der Waals surface area (Å²) in [6.45, 7) is 22.3. The van der Waals surface area contributed by atoms with Gasteiger partial charge >= 0.3 is 0 Å². The minimum atomic E-state index is -1.44. The number of nitrogens with zero attached hydrogens (tertiary/aromatic N) is 2. The van der Waals surface area contributed by atoms with Crippen molar-refractivity contribution < 1.29 is 13.7 Å². The molecule has 0 bridgehead atoms. The molecule has 1 N–H and O–H groups in total. The van der Waals surface area contributed by atoms with Crippen molar-refractivity contribution in [3.63, 3.8) is 0 Å². The molecule has 3 unspecified atom stereocenters. The van der Waals surface area contributed by atoms with Gasteiger partial charge in [0.2, 0.25) is 11.2 Å². The molecule has 2 aromatic rings. The number of benzene rings is 1. The van der Waals surface area contributed by atoms with Crippen LogP contribution in [0.4, 0.5) is 0 Å². The van der Waals surface area contributed by atoms with Gasteiger partial charge in [-0.2, -0.15) is 0 Å². The van der Waals surface area contributed by atoms with Gasteiger partial charge in [0, 0.05) is 18.8 Å². The monoisotopic (exact) mass is 527 g/mol. The molecule has 0 aliphatic carbocycles. The van der Waals surface area contributed by atoms with E-state index in [2.05, 4.69) is 83.2 Å². The Labute approximate surface area is 225 Å². The van der Waals surface area contributed by atoms with E-state index < -0.39 is 11.2 Å². The van der Waals surface area contributed by atoms with Crippen LogP contribution in [-0.2, 0) is 26.7 Å². The number of carbonyl (C=O) groups excluding carboxylic acids is 1. The first-order valence-electron chi connectivity index (χ1n) is 13.6. The molecule has 2 fully saturated rings. The molecule has 2 aliphatic heterocycles. The first-order chi connectivity index (χ1) is 17.1. The Balaban J connectivity index is 1.88. The van der Waals surface area contributed by atoms with Crippen LogP contribution < -0.4 is 5.32 Å². The number of carbonyl (C=O) groups is 1. The van der Waals surface area contributed by atoms with Crippen molar-refractivity contribution in [2.24, 2.45) is 11.8 Å². The van der Waals surface area contributed by atoms with Crippen molar-refractivity contribution in [1.82, 2.24) is 13.6 Å². The maximum absolute atomic E-state index is 14.2. The topological polar surface area (TPSA) is 63.6 Å². The molecule has 0 saturated carbocycles. The summed E-state index contributed by atoms with van der Waals surface area (Å²) in [4.78, 5) is 13.3. The van der Waals surface area contributed by atoms with E-state index in [1.54, 1.807) is 0 Å². The first kappa shape index (κ1) is 28.1. The molecule has 4 rings (SSSR count). The number of piperidine rings is 1. The fraction of sp³-hybridized carbons (Fsp3) is 0.633. The third-order valence-electron chi connectivity index (χ3n) is 7.59. The maximum atomic E-state index is 14.2. The second kappa shape index (κ2) is 10.3. The molecule has 3 atom stereocenters. The summed E-state index contributed by atoms with van der Waals surface area (Å²) in [7, 11) is 0. The summed E-state index contributed by atoms with van der Waals surface area (Å²) in [5.41, 5.74) is 5.48. The third-order valence-corrected chi connectivity index (χ3v) is 9.11. The molecule has 1 aromatic heterocycles. The molecule has 1 aromatic carbocycles. The predicted octanol–water partition coefficient (Wildman–Crippen LogP) is 5.59. The molecule has 3 heterocycles. The maximum Gasteiger partial charge on any atom is 0.253 e. The minimum Gasteiger partial charge on any atom is -0.377 e. The van der Waals surface area contributed by atoms with Gasteiger partial charge in [0.15, 0.2) is 0 Å². The van der Waals surface area contributed by atoms with Crippen molar-refractivity contribution >= 4 is 17.1 Å². The lowest BCUT2D eigenvalue weighted by atomic mass is 9.79. The van der Waals surface area contributed by atoms with Gasteiger partial charge in [0.05, 0.1) is 30.5 Å². The van der Waals surface area contributed by atoms with Crippen molar-refractivity contribution in [2.45, 2.75) is 85.6 Å². The summed E-state index contributed by atoms with van der Waals surface area (Å²) >= 11 is -1.44. The Bertz CT molecular complexity index is 1140. The molecular weight excluding hydrogens is 482 g/mol. The van der Waals surface area contributed by atoms with Gasteiger partial charge in [-0.3, -0.25) is 8.77 Å². The number of amides is 1. The highest BCUT2D eigenvalue weighted by Gasteiger charge is 2.32. The molecule has 2 aliphatic rings. The van der Waals surface area contributed by atoms with E-state index in [9.17, 15) is 9.00 Å². The zero-order valence-electron chi connectivity index (χ0n) is 24.1. The number of nitrogens with one attached hydrogen (secondary N) is 1. The van der Waals surface area contributed by atoms with Gasteiger partial charge in [0.1, 0.15) is 0 Å². The number of hydrogen-bond acceptors (Lipinski definition) is 3. The van der Waals surface area contributed by atoms with Gasteiger partial charge in [-0.05, 0) is 70.9 Å². The van der Waals surface area contributed by atoms with Crippen LogP contribution in [0.3, 0.4) is 0 Å². The first-order valence-corrected chi connectivity index (χ1v) is 14.7. The zero-order valence-corrected chi connectivity index (χ0v) is 24.9. The van der Waals surface area contributed by atoms with Crippen LogP contribution in [0.15, 0.2) is 24.3 Å². The average molecular weight is 528 g/mol. The van der Waals surface area contributed by atoms with Gasteiger partial charge in [0.25, 0.3) is 5.91 Å². The fourth-order valence-electron chi connectivity index (χ4n) is 5.29. The van der Waals surface area contributed by atoms with E-state index in [0.717, 1.165) is 36.5 Å². The van der Waals surface area contributed by atoms with Crippen molar-refractivity contribution in [2.75, 3.05) is 26.3 Å². The molecule has 1 amide bonds. The van der Waals surface area contributed by atoms with Crippen LogP contribution >= 0.6 is 0 Å². The SMILES string of the molecule is Cc1c(C(=O)NC2COC2)cc(-c2cc(C(C)(C)C)cc(C(C)(C)C)c2)n1S(=O)N1CC(C)CC(C)C1. The normalized spacial score (nSPS) is 22.5. The standard InChI is InChI=1S/C30H45N3O3S/c1-19-10-20(2)16-32(15-19)37(35)33-21(3)26(28(34)31-25-17-36-18-25)14-27(33)22-11-23(29(4,5)6)13-24(12-22)30(7,8)9/h11-14,19-20,25H,10,15-18H2,1-9H3,(H,31,34). The van der Waals surface area contributed by atoms with Crippen molar-refractivity contribution in [3.05, 3.63) is 46.6 Å². The minimum absolute atomic E-state index is 0.0321. The molecule has 204 valence electrons. The van der Waals surface area contributed by atoms with Crippen LogP contribution in [0, 0.1) is 18.8 Å². The molecular formula is C30H45N3O3S. The Kier molecular flexibility index (Phi) is 7.82. The van der Waals surface area contributed by atoms with E-state index in [4.69, 9.17) is 4.74 Å². The van der Waals surface area contributed by atoms with E-state index in [-0.39, 0.29) is 22.8 Å². The lowest BCUT2D eigenvalue weighted by Crippen LogP contribution is -2.48. The molecule has 2 saturated heterocycles.